The predicted molar refractivity (Wildman–Crippen MR) is 106 cm³/mol. The van der Waals surface area contributed by atoms with Crippen molar-refractivity contribution in [1.82, 2.24) is 0 Å². The Morgan fingerprint density at radius 3 is 0.705 bits per heavy atom. The molecule has 8 nitrogen and oxygen atoms in total. The van der Waals surface area contributed by atoms with E-state index in [1.165, 1.54) is 21.5 Å². The molecular formula is C22H10F12O8Rh2. The van der Waals surface area contributed by atoms with Gasteiger partial charge in [-0.2, -0.15) is 52.7 Å². The summed E-state index contributed by atoms with van der Waals surface area (Å²) in [6.45, 7) is 0. The molecule has 0 bridgehead atoms. The number of fused-ring (bicyclic) bond motifs is 3. The fourth-order valence-electron chi connectivity index (χ4n) is 1.95. The Morgan fingerprint density at radius 1 is 0.386 bits per heavy atom. The molecule has 0 unspecified atom stereocenters. The zero-order chi connectivity index (χ0) is 33.7. The van der Waals surface area contributed by atoms with Crippen molar-refractivity contribution in [3.05, 3.63) is 60.7 Å². The minimum atomic E-state index is -5.19. The van der Waals surface area contributed by atoms with E-state index in [4.69, 9.17) is 39.6 Å². The third kappa shape index (κ3) is 20.4. The van der Waals surface area contributed by atoms with Gasteiger partial charge in [0.25, 0.3) is 0 Å². The summed E-state index contributed by atoms with van der Waals surface area (Å²) in [5.74, 6) is -12.0. The average molecular weight is 836 g/mol. The Labute approximate surface area is 261 Å². The minimum Gasteiger partial charge on any atom is -0.542 e. The third-order valence-electron chi connectivity index (χ3n) is 3.58. The van der Waals surface area contributed by atoms with E-state index in [1.807, 2.05) is 0 Å². The minimum absolute atomic E-state index is 0. The second-order valence-corrected chi connectivity index (χ2v) is 6.65. The summed E-state index contributed by atoms with van der Waals surface area (Å²) in [5, 5.41) is 40.4. The predicted octanol–water partition coefficient (Wildman–Crippen LogP) is 1.18. The molecule has 0 spiro atoms. The first-order valence-corrected chi connectivity index (χ1v) is 9.72. The monoisotopic (exact) mass is 836 g/mol. The van der Waals surface area contributed by atoms with E-state index >= 15 is 0 Å². The zero-order valence-corrected chi connectivity index (χ0v) is 23.5. The quantitative estimate of drug-likeness (QED) is 0.186. The van der Waals surface area contributed by atoms with Gasteiger partial charge in [-0.15, -0.1) is 0 Å². The second-order valence-electron chi connectivity index (χ2n) is 6.65. The first kappa shape index (κ1) is 47.4. The Balaban J connectivity index is -0.000000236. The van der Waals surface area contributed by atoms with Gasteiger partial charge in [0.1, 0.15) is 23.9 Å². The van der Waals surface area contributed by atoms with Gasteiger partial charge in [-0.3, -0.25) is 0 Å². The number of rotatable bonds is 0. The van der Waals surface area contributed by atoms with Crippen LogP contribution in [0.25, 0.3) is 21.5 Å². The molecule has 0 saturated carbocycles. The summed E-state index contributed by atoms with van der Waals surface area (Å²) in [6.07, 6.45) is -20.8. The topological polar surface area (TPSA) is 161 Å². The van der Waals surface area contributed by atoms with Crippen LogP contribution in [-0.4, -0.2) is 48.6 Å². The third-order valence-corrected chi connectivity index (χ3v) is 3.58. The maximum absolute atomic E-state index is 10.5. The molecule has 0 atom stereocenters. The van der Waals surface area contributed by atoms with E-state index in [-0.39, 0.29) is 39.0 Å². The number of carbonyl (C=O) groups excluding carboxylic acids is 4. The van der Waals surface area contributed by atoms with Crippen LogP contribution >= 0.6 is 0 Å². The molecule has 0 aliphatic heterocycles. The van der Waals surface area contributed by atoms with Gasteiger partial charge >= 0.3 is 63.7 Å². The van der Waals surface area contributed by atoms with Gasteiger partial charge in [-0.05, 0) is 21.5 Å². The Morgan fingerprint density at radius 2 is 0.545 bits per heavy atom. The number of benzene rings is 3. The first-order valence-electron chi connectivity index (χ1n) is 9.72. The SMILES string of the molecule is O=C([O-])C(F)(F)F.O=C([O-])C(F)(F)F.O=C([O-])C(F)(F)F.O=C([O-])C(F)(F)F.[Rh+2].[Rh+2].c1ccc2c(c1)ccc1ccccc12. The molecule has 0 fully saturated rings. The van der Waals surface area contributed by atoms with E-state index in [1.54, 1.807) is 0 Å². The number of halogens is 12. The van der Waals surface area contributed by atoms with Crippen molar-refractivity contribution in [2.45, 2.75) is 24.7 Å². The van der Waals surface area contributed by atoms with E-state index in [0.29, 0.717) is 0 Å². The fourth-order valence-corrected chi connectivity index (χ4v) is 1.95. The summed E-state index contributed by atoms with van der Waals surface area (Å²) in [4.78, 5) is 35.1. The maximum Gasteiger partial charge on any atom is 2.00 e. The van der Waals surface area contributed by atoms with Crippen LogP contribution in [0.2, 0.25) is 0 Å². The van der Waals surface area contributed by atoms with E-state index < -0.39 is 48.6 Å². The Kier molecular flexibility index (Phi) is 21.2. The van der Waals surface area contributed by atoms with Crippen molar-refractivity contribution in [1.29, 1.82) is 0 Å². The van der Waals surface area contributed by atoms with Crippen molar-refractivity contribution in [2.24, 2.45) is 0 Å². The van der Waals surface area contributed by atoms with Crippen LogP contribution in [0.3, 0.4) is 0 Å². The van der Waals surface area contributed by atoms with Crippen molar-refractivity contribution >= 4 is 45.4 Å². The maximum atomic E-state index is 10.5. The largest absolute Gasteiger partial charge is 2.00 e. The van der Waals surface area contributed by atoms with Gasteiger partial charge in [-0.1, -0.05) is 60.7 Å². The van der Waals surface area contributed by atoms with Gasteiger partial charge in [0.05, 0.1) is 0 Å². The van der Waals surface area contributed by atoms with Crippen molar-refractivity contribution < 1.29 is 131 Å². The Hall–Kier alpha value is -3.53. The number of alkyl halides is 12. The van der Waals surface area contributed by atoms with E-state index in [9.17, 15) is 52.7 Å². The smallest absolute Gasteiger partial charge is 0.542 e. The van der Waals surface area contributed by atoms with Crippen molar-refractivity contribution in [3.8, 4) is 0 Å². The van der Waals surface area contributed by atoms with Gasteiger partial charge in [0, 0.05) is 0 Å². The summed E-state index contributed by atoms with van der Waals surface area (Å²) >= 11 is 0. The van der Waals surface area contributed by atoms with Crippen LogP contribution in [0.15, 0.2) is 60.7 Å². The number of carboxylic acids is 4. The molecule has 0 aliphatic carbocycles. The molecule has 22 heteroatoms. The van der Waals surface area contributed by atoms with Gasteiger partial charge in [-0.25, -0.2) is 0 Å². The van der Waals surface area contributed by atoms with Crippen LogP contribution in [0, 0.1) is 0 Å². The molecule has 3 rings (SSSR count). The van der Waals surface area contributed by atoms with Crippen LogP contribution in [-0.2, 0) is 58.1 Å². The van der Waals surface area contributed by atoms with Crippen LogP contribution < -0.4 is 20.4 Å². The summed E-state index contributed by atoms with van der Waals surface area (Å²) < 4.78 is 126. The van der Waals surface area contributed by atoms with Crippen molar-refractivity contribution in [3.63, 3.8) is 0 Å². The summed E-state index contributed by atoms with van der Waals surface area (Å²) in [6, 6.07) is 21.4. The number of carbonyl (C=O) groups is 4. The van der Waals surface area contributed by atoms with Crippen LogP contribution in [0.5, 0.6) is 0 Å². The normalized spacial score (nSPS) is 10.6. The number of carboxylic acid groups (broad SMARTS) is 4. The Bertz CT molecular complexity index is 1200. The molecule has 0 N–H and O–H groups in total. The van der Waals surface area contributed by atoms with E-state index in [2.05, 4.69) is 60.7 Å². The van der Waals surface area contributed by atoms with E-state index in [0.717, 1.165) is 0 Å². The molecule has 3 aromatic rings. The van der Waals surface area contributed by atoms with Gasteiger partial charge in [0.2, 0.25) is 0 Å². The van der Waals surface area contributed by atoms with Crippen LogP contribution in [0.4, 0.5) is 52.7 Å². The molecule has 0 amide bonds. The molecule has 2 radical (unpaired) electrons. The van der Waals surface area contributed by atoms with Crippen molar-refractivity contribution in [2.75, 3.05) is 0 Å². The molecule has 0 aliphatic rings. The summed E-state index contributed by atoms with van der Waals surface area (Å²) in [7, 11) is 0. The molecule has 3 aromatic carbocycles. The number of aliphatic carboxylic acids is 4. The standard InChI is InChI=1S/C14H10.4C2HF3O2.2Rh/c1-3-7-13-11(5-1)9-10-12-6-2-4-8-14(12)13;4*3-2(4,5)1(6)7;;/h1-10H;4*(H,6,7);;/q;;;;;2*+2/p-4. The molecule has 0 aromatic heterocycles. The van der Waals surface area contributed by atoms with Crippen LogP contribution in [0.1, 0.15) is 0 Å². The molecule has 44 heavy (non-hydrogen) atoms. The number of hydrogen-bond acceptors (Lipinski definition) is 8. The van der Waals surface area contributed by atoms with Gasteiger partial charge in [0.15, 0.2) is 0 Å². The molecule has 0 saturated heterocycles. The average Bonchev–Trinajstić information content (AvgIpc) is 2.83. The first-order chi connectivity index (χ1) is 18.7. The molecular weight excluding hydrogens is 826 g/mol. The summed E-state index contributed by atoms with van der Waals surface area (Å²) in [5.41, 5.74) is 0. The fraction of sp³-hybridized carbons (Fsp3) is 0.182. The molecule has 0 heterocycles. The zero-order valence-electron chi connectivity index (χ0n) is 20.2. The molecule has 248 valence electrons. The number of hydrogen-bond donors (Lipinski definition) is 0. The van der Waals surface area contributed by atoms with Gasteiger partial charge < -0.3 is 39.6 Å². The second kappa shape index (κ2) is 19.7.